The van der Waals surface area contributed by atoms with Gasteiger partial charge in [-0.15, -0.1) is 0 Å². The van der Waals surface area contributed by atoms with Crippen molar-refractivity contribution in [2.75, 3.05) is 23.8 Å². The van der Waals surface area contributed by atoms with Gasteiger partial charge in [-0.25, -0.2) is 4.68 Å². The van der Waals surface area contributed by atoms with Crippen LogP contribution in [0.2, 0.25) is 0 Å². The molecule has 1 fully saturated rings. The number of hydrogen-bond acceptors (Lipinski definition) is 5. The minimum Gasteiger partial charge on any atom is -0.394 e. The maximum atomic E-state index is 9.41. The fraction of sp³-hybridized carbons (Fsp3) is 0.692. The summed E-state index contributed by atoms with van der Waals surface area (Å²) < 4.78 is 1.69. The standard InChI is InChI=1S/C13H21N5O/c1-13(2,3)18-11(15)10(7-14)12(16-18)17-6-4-5-9(17)8-19/h9,19H,4-6,8,15H2,1-3H3. The molecule has 6 heteroatoms. The number of nitrogen functional groups attached to an aromatic ring is 1. The van der Waals surface area contributed by atoms with Crippen LogP contribution in [0.5, 0.6) is 0 Å². The van der Waals surface area contributed by atoms with E-state index in [1.165, 1.54) is 0 Å². The van der Waals surface area contributed by atoms with E-state index in [-0.39, 0.29) is 18.2 Å². The van der Waals surface area contributed by atoms with Gasteiger partial charge < -0.3 is 15.7 Å². The molecule has 0 amide bonds. The van der Waals surface area contributed by atoms with Crippen molar-refractivity contribution < 1.29 is 5.11 Å². The molecule has 0 spiro atoms. The zero-order valence-corrected chi connectivity index (χ0v) is 11.7. The largest absolute Gasteiger partial charge is 0.394 e. The molecule has 1 aromatic heterocycles. The van der Waals surface area contributed by atoms with Gasteiger partial charge in [-0.05, 0) is 33.6 Å². The number of aliphatic hydroxyl groups is 1. The number of nitrogens with zero attached hydrogens (tertiary/aromatic N) is 4. The molecular weight excluding hydrogens is 242 g/mol. The van der Waals surface area contributed by atoms with Gasteiger partial charge in [0, 0.05) is 6.54 Å². The molecule has 2 rings (SSSR count). The Morgan fingerprint density at radius 2 is 2.21 bits per heavy atom. The highest BCUT2D eigenvalue weighted by Crippen LogP contribution is 2.33. The Kier molecular flexibility index (Phi) is 3.42. The van der Waals surface area contributed by atoms with Crippen LogP contribution >= 0.6 is 0 Å². The van der Waals surface area contributed by atoms with Gasteiger partial charge in [0.05, 0.1) is 18.2 Å². The van der Waals surface area contributed by atoms with E-state index in [1.807, 2.05) is 25.7 Å². The van der Waals surface area contributed by atoms with Crippen LogP contribution in [0, 0.1) is 11.3 Å². The summed E-state index contributed by atoms with van der Waals surface area (Å²) in [6, 6.07) is 2.18. The predicted octanol–water partition coefficient (Wildman–Crippen LogP) is 1.05. The van der Waals surface area contributed by atoms with Crippen LogP contribution in [0.15, 0.2) is 0 Å². The van der Waals surface area contributed by atoms with Crippen molar-refractivity contribution >= 4 is 11.6 Å². The van der Waals surface area contributed by atoms with E-state index in [0.29, 0.717) is 17.2 Å². The minimum atomic E-state index is -0.275. The van der Waals surface area contributed by atoms with E-state index >= 15 is 0 Å². The second kappa shape index (κ2) is 4.74. The van der Waals surface area contributed by atoms with Gasteiger partial charge in [0.15, 0.2) is 5.82 Å². The normalized spacial score (nSPS) is 19.7. The highest BCUT2D eigenvalue weighted by atomic mass is 16.3. The van der Waals surface area contributed by atoms with E-state index in [0.717, 1.165) is 19.4 Å². The molecule has 0 radical (unpaired) electrons. The van der Waals surface area contributed by atoms with Gasteiger partial charge in [-0.1, -0.05) is 0 Å². The fourth-order valence-corrected chi connectivity index (χ4v) is 2.54. The molecule has 6 nitrogen and oxygen atoms in total. The van der Waals surface area contributed by atoms with Crippen molar-refractivity contribution in [3.8, 4) is 6.07 Å². The lowest BCUT2D eigenvalue weighted by atomic mass is 10.1. The average Bonchev–Trinajstić information content (AvgIpc) is 2.91. The van der Waals surface area contributed by atoms with Gasteiger partial charge in [0.1, 0.15) is 17.5 Å². The second-order valence-electron chi connectivity index (χ2n) is 5.95. The van der Waals surface area contributed by atoms with E-state index in [2.05, 4.69) is 11.2 Å². The van der Waals surface area contributed by atoms with Crippen molar-refractivity contribution in [2.45, 2.75) is 45.2 Å². The molecule has 0 saturated carbocycles. The molecule has 1 aliphatic rings. The third-order valence-electron chi connectivity index (χ3n) is 3.51. The Hall–Kier alpha value is -1.74. The third kappa shape index (κ3) is 2.26. The van der Waals surface area contributed by atoms with Crippen LogP contribution in [-0.2, 0) is 5.54 Å². The van der Waals surface area contributed by atoms with Gasteiger partial charge in [-0.3, -0.25) is 0 Å². The molecule has 0 bridgehead atoms. The highest BCUT2D eigenvalue weighted by molar-refractivity contribution is 5.66. The maximum absolute atomic E-state index is 9.41. The molecule has 1 saturated heterocycles. The number of nitrogens with two attached hydrogens (primary N) is 1. The van der Waals surface area contributed by atoms with Crippen molar-refractivity contribution in [2.24, 2.45) is 0 Å². The van der Waals surface area contributed by atoms with Crippen LogP contribution in [0.25, 0.3) is 0 Å². The Morgan fingerprint density at radius 1 is 1.53 bits per heavy atom. The van der Waals surface area contributed by atoms with Crippen molar-refractivity contribution in [3.63, 3.8) is 0 Å². The lowest BCUT2D eigenvalue weighted by Gasteiger charge is -2.23. The van der Waals surface area contributed by atoms with Crippen LogP contribution in [-0.4, -0.2) is 34.1 Å². The van der Waals surface area contributed by atoms with Crippen molar-refractivity contribution in [3.05, 3.63) is 5.56 Å². The van der Waals surface area contributed by atoms with E-state index < -0.39 is 0 Å². The van der Waals surface area contributed by atoms with Gasteiger partial charge >= 0.3 is 0 Å². The van der Waals surface area contributed by atoms with E-state index in [9.17, 15) is 10.4 Å². The number of anilines is 2. The average molecular weight is 263 g/mol. The second-order valence-corrected chi connectivity index (χ2v) is 5.95. The van der Waals surface area contributed by atoms with Gasteiger partial charge in [-0.2, -0.15) is 10.4 Å². The molecule has 104 valence electrons. The number of hydrogen-bond donors (Lipinski definition) is 2. The zero-order chi connectivity index (χ0) is 14.2. The summed E-state index contributed by atoms with van der Waals surface area (Å²) in [5.74, 6) is 1.00. The number of nitriles is 1. The first-order chi connectivity index (χ1) is 8.90. The fourth-order valence-electron chi connectivity index (χ4n) is 2.54. The Labute approximate surface area is 113 Å². The lowest BCUT2D eigenvalue weighted by molar-refractivity contribution is 0.265. The SMILES string of the molecule is CC(C)(C)n1nc(N2CCCC2CO)c(C#N)c1N. The summed E-state index contributed by atoms with van der Waals surface area (Å²) in [6.07, 6.45) is 1.92. The first-order valence-electron chi connectivity index (χ1n) is 6.56. The molecule has 1 aliphatic heterocycles. The van der Waals surface area contributed by atoms with Gasteiger partial charge in [0.25, 0.3) is 0 Å². The third-order valence-corrected chi connectivity index (χ3v) is 3.51. The predicted molar refractivity (Wildman–Crippen MR) is 73.8 cm³/mol. The van der Waals surface area contributed by atoms with Crippen LogP contribution < -0.4 is 10.6 Å². The Bertz CT molecular complexity index is 508. The monoisotopic (exact) mass is 263 g/mol. The molecule has 0 aromatic carbocycles. The summed E-state index contributed by atoms with van der Waals surface area (Å²) in [6.45, 7) is 6.87. The Balaban J connectivity index is 2.49. The first kappa shape index (κ1) is 13.7. The van der Waals surface area contributed by atoms with Crippen LogP contribution in [0.3, 0.4) is 0 Å². The van der Waals surface area contributed by atoms with Crippen LogP contribution in [0.1, 0.15) is 39.2 Å². The van der Waals surface area contributed by atoms with Crippen LogP contribution in [0.4, 0.5) is 11.6 Å². The lowest BCUT2D eigenvalue weighted by Crippen LogP contribution is -2.33. The molecule has 2 heterocycles. The summed E-state index contributed by atoms with van der Waals surface area (Å²) in [5.41, 5.74) is 6.18. The quantitative estimate of drug-likeness (QED) is 0.832. The smallest absolute Gasteiger partial charge is 0.171 e. The Morgan fingerprint density at radius 3 is 2.74 bits per heavy atom. The summed E-state index contributed by atoms with van der Waals surface area (Å²) >= 11 is 0. The number of rotatable bonds is 2. The molecule has 3 N–H and O–H groups in total. The van der Waals surface area contributed by atoms with E-state index in [4.69, 9.17) is 5.73 Å². The van der Waals surface area contributed by atoms with E-state index in [1.54, 1.807) is 4.68 Å². The first-order valence-corrected chi connectivity index (χ1v) is 6.56. The number of aromatic nitrogens is 2. The molecule has 1 unspecified atom stereocenters. The van der Waals surface area contributed by atoms with Crippen molar-refractivity contribution in [1.82, 2.24) is 9.78 Å². The molecule has 1 aromatic rings. The maximum Gasteiger partial charge on any atom is 0.171 e. The minimum absolute atomic E-state index is 0.0369. The topological polar surface area (TPSA) is 91.1 Å². The zero-order valence-electron chi connectivity index (χ0n) is 11.7. The molecule has 0 aliphatic carbocycles. The molecule has 1 atom stereocenters. The van der Waals surface area contributed by atoms with Crippen molar-refractivity contribution in [1.29, 1.82) is 5.26 Å². The molecule has 19 heavy (non-hydrogen) atoms. The summed E-state index contributed by atoms with van der Waals surface area (Å²) in [5, 5.41) is 23.2. The number of aliphatic hydroxyl groups excluding tert-OH is 1. The summed E-state index contributed by atoms with van der Waals surface area (Å²) in [4.78, 5) is 2.00. The highest BCUT2D eigenvalue weighted by Gasteiger charge is 2.31. The molecular formula is C13H21N5O. The van der Waals surface area contributed by atoms with Gasteiger partial charge in [0.2, 0.25) is 0 Å². The summed E-state index contributed by atoms with van der Waals surface area (Å²) in [7, 11) is 0.